The quantitative estimate of drug-likeness (QED) is 0.480. The summed E-state index contributed by atoms with van der Waals surface area (Å²) in [7, 11) is 4.75. The number of hydrogen-bond donors (Lipinski definition) is 2. The fraction of sp³-hybridized carbons (Fsp3) is 0.143. The van der Waals surface area contributed by atoms with Crippen molar-refractivity contribution in [3.8, 4) is 28.5 Å². The second-order valence-corrected chi connectivity index (χ2v) is 6.98. The van der Waals surface area contributed by atoms with E-state index in [2.05, 4.69) is 22.6 Å². The maximum atomic E-state index is 5.59. The van der Waals surface area contributed by atoms with E-state index < -0.39 is 0 Å². The molecular weight excluding hydrogens is 392 g/mol. The first-order valence-corrected chi connectivity index (χ1v) is 9.38. The molecule has 0 radical (unpaired) electrons. The van der Waals surface area contributed by atoms with E-state index in [1.807, 2.05) is 42.5 Å². The van der Waals surface area contributed by atoms with Crippen LogP contribution in [0.3, 0.4) is 0 Å². The highest BCUT2D eigenvalue weighted by Crippen LogP contribution is 2.44. The monoisotopic (exact) mass is 410 g/mol. The number of rotatable bonds is 5. The summed E-state index contributed by atoms with van der Waals surface area (Å²) in [6.07, 6.45) is 0. The lowest BCUT2D eigenvalue weighted by Crippen LogP contribution is -1.99. The molecule has 1 aliphatic heterocycles. The second kappa shape index (κ2) is 7.33. The molecule has 0 fully saturated rings. The Hall–Kier alpha value is -2.77. The molecule has 7 heteroatoms. The Morgan fingerprint density at radius 2 is 1.54 bits per heavy atom. The fourth-order valence-corrected chi connectivity index (χ4v) is 4.02. The minimum absolute atomic E-state index is 0.522. The van der Waals surface area contributed by atoms with Gasteiger partial charge in [-0.3, -0.25) is 0 Å². The molecule has 0 bridgehead atoms. The van der Waals surface area contributed by atoms with Gasteiger partial charge in [0.2, 0.25) is 5.75 Å². The van der Waals surface area contributed by atoms with Gasteiger partial charge in [-0.25, -0.2) is 4.99 Å². The number of aromatic nitrogens is 1. The van der Waals surface area contributed by atoms with Gasteiger partial charge in [0.25, 0.3) is 0 Å². The van der Waals surface area contributed by atoms with E-state index in [0.29, 0.717) is 27.3 Å². The molecule has 142 valence electrons. The van der Waals surface area contributed by atoms with Gasteiger partial charge in [0.15, 0.2) is 11.5 Å². The molecule has 1 aliphatic rings. The Labute approximate surface area is 173 Å². The Balaban J connectivity index is 1.90. The molecule has 0 spiro atoms. The minimum Gasteiger partial charge on any atom is -0.493 e. The van der Waals surface area contributed by atoms with E-state index in [0.717, 1.165) is 33.7 Å². The van der Waals surface area contributed by atoms with E-state index in [9.17, 15) is 0 Å². The lowest BCUT2D eigenvalue weighted by atomic mass is 10.0. The number of fused-ring (bicyclic) bond motifs is 1. The van der Waals surface area contributed by atoms with Crippen molar-refractivity contribution >= 4 is 35.5 Å². The van der Waals surface area contributed by atoms with Gasteiger partial charge in [-0.05, 0) is 12.1 Å². The van der Waals surface area contributed by atoms with Gasteiger partial charge in [-0.2, -0.15) is 0 Å². The summed E-state index contributed by atoms with van der Waals surface area (Å²) in [6.45, 7) is 0. The van der Waals surface area contributed by atoms with Crippen LogP contribution < -0.4 is 14.2 Å². The summed E-state index contributed by atoms with van der Waals surface area (Å²) in [5, 5.41) is 0.709. The molecule has 0 atom stereocenters. The van der Waals surface area contributed by atoms with Crippen molar-refractivity contribution in [2.24, 2.45) is 4.99 Å². The van der Waals surface area contributed by atoms with Crippen LogP contribution in [0.1, 0.15) is 16.7 Å². The molecule has 0 saturated carbocycles. The van der Waals surface area contributed by atoms with Gasteiger partial charge >= 0.3 is 0 Å². The van der Waals surface area contributed by atoms with Crippen molar-refractivity contribution in [1.82, 2.24) is 4.98 Å². The molecule has 0 amide bonds. The third-order valence-corrected chi connectivity index (χ3v) is 5.28. The summed E-state index contributed by atoms with van der Waals surface area (Å²) in [5.41, 5.74) is 5.24. The third kappa shape index (κ3) is 2.87. The number of hydrogen-bond acceptors (Lipinski definition) is 5. The Morgan fingerprint density at radius 1 is 0.893 bits per heavy atom. The Morgan fingerprint density at radius 3 is 2.11 bits per heavy atom. The number of ether oxygens (including phenoxy) is 3. The minimum atomic E-state index is 0.522. The van der Waals surface area contributed by atoms with Gasteiger partial charge < -0.3 is 19.2 Å². The van der Waals surface area contributed by atoms with Crippen LogP contribution in [0.5, 0.6) is 17.2 Å². The zero-order chi connectivity index (χ0) is 19.8. The number of H-pyrrole nitrogens is 1. The van der Waals surface area contributed by atoms with E-state index in [4.69, 9.17) is 26.4 Å². The summed E-state index contributed by atoms with van der Waals surface area (Å²) in [5.74, 6) is 1.66. The van der Waals surface area contributed by atoms with Gasteiger partial charge in [0.05, 0.1) is 37.8 Å². The van der Waals surface area contributed by atoms with Gasteiger partial charge in [0.1, 0.15) is 4.99 Å². The van der Waals surface area contributed by atoms with Gasteiger partial charge in [0, 0.05) is 22.3 Å². The Kier molecular flexibility index (Phi) is 4.87. The lowest BCUT2D eigenvalue weighted by Gasteiger charge is -2.14. The first kappa shape index (κ1) is 18.6. The SMILES string of the molecule is COc1cc(-c2[nH]c(S)c3c2C(=S)N=C3c2ccccc2)cc(OC)c1OC. The standard InChI is InChI=1S/C21H18N2O3S2/c1-24-13-9-12(10-14(25-2)19(13)26-3)18-16-15(20(27)23-18)17(22-21(16)28)11-7-5-4-6-8-11/h4-10,23,27H,1-3H3. The molecule has 2 heterocycles. The molecule has 5 nitrogen and oxygen atoms in total. The maximum Gasteiger partial charge on any atom is 0.203 e. The zero-order valence-corrected chi connectivity index (χ0v) is 17.3. The molecule has 0 aliphatic carbocycles. The number of thiocarbonyl (C=S) groups is 1. The number of nitrogens with one attached hydrogen (secondary N) is 1. The van der Waals surface area contributed by atoms with E-state index in [-0.39, 0.29) is 0 Å². The second-order valence-electron chi connectivity index (χ2n) is 6.14. The largest absolute Gasteiger partial charge is 0.493 e. The van der Waals surface area contributed by atoms with Gasteiger partial charge in [-0.15, -0.1) is 12.6 Å². The number of thiol groups is 1. The number of aromatic amines is 1. The predicted octanol–water partition coefficient (Wildman–Crippen LogP) is 4.52. The van der Waals surface area contributed by atoms with Crippen molar-refractivity contribution in [3.63, 3.8) is 0 Å². The zero-order valence-electron chi connectivity index (χ0n) is 15.6. The fourth-order valence-electron chi connectivity index (χ4n) is 3.39. The number of nitrogens with zero attached hydrogens (tertiary/aromatic N) is 1. The smallest absolute Gasteiger partial charge is 0.203 e. The molecule has 2 aromatic carbocycles. The van der Waals surface area contributed by atoms with Crippen LogP contribution >= 0.6 is 24.8 Å². The van der Waals surface area contributed by atoms with Crippen LogP contribution in [0.15, 0.2) is 52.5 Å². The molecular formula is C21H18N2O3S2. The van der Waals surface area contributed by atoms with Crippen LogP contribution in [0, 0.1) is 0 Å². The summed E-state index contributed by atoms with van der Waals surface area (Å²) >= 11 is 10.3. The molecule has 0 unspecified atom stereocenters. The molecule has 1 aromatic heterocycles. The molecule has 3 aromatic rings. The number of benzene rings is 2. The molecule has 1 N–H and O–H groups in total. The summed E-state index contributed by atoms with van der Waals surface area (Å²) in [6, 6.07) is 13.7. The number of aliphatic imine (C=N–C) groups is 1. The van der Waals surface area contributed by atoms with Crippen LogP contribution in [-0.2, 0) is 0 Å². The predicted molar refractivity (Wildman–Crippen MR) is 117 cm³/mol. The van der Waals surface area contributed by atoms with Crippen molar-refractivity contribution < 1.29 is 14.2 Å². The van der Waals surface area contributed by atoms with E-state index in [1.54, 1.807) is 21.3 Å². The highest BCUT2D eigenvalue weighted by Gasteiger charge is 2.30. The average Bonchev–Trinajstić information content (AvgIpc) is 3.26. The van der Waals surface area contributed by atoms with E-state index >= 15 is 0 Å². The summed E-state index contributed by atoms with van der Waals surface area (Å²) < 4.78 is 16.4. The van der Waals surface area contributed by atoms with Crippen LogP contribution in [0.2, 0.25) is 0 Å². The average molecular weight is 411 g/mol. The molecule has 28 heavy (non-hydrogen) atoms. The third-order valence-electron chi connectivity index (χ3n) is 4.64. The van der Waals surface area contributed by atoms with E-state index in [1.165, 1.54) is 0 Å². The van der Waals surface area contributed by atoms with Crippen LogP contribution in [0.4, 0.5) is 0 Å². The molecule has 4 rings (SSSR count). The summed E-state index contributed by atoms with van der Waals surface area (Å²) in [4.78, 5) is 8.51. The van der Waals surface area contributed by atoms with Crippen LogP contribution in [-0.4, -0.2) is 37.0 Å². The first-order chi connectivity index (χ1) is 13.6. The normalized spacial score (nSPS) is 12.6. The number of methoxy groups -OCH3 is 3. The van der Waals surface area contributed by atoms with Crippen molar-refractivity contribution in [1.29, 1.82) is 0 Å². The maximum absolute atomic E-state index is 5.59. The van der Waals surface area contributed by atoms with Gasteiger partial charge in [-0.1, -0.05) is 42.5 Å². The van der Waals surface area contributed by atoms with Crippen molar-refractivity contribution in [3.05, 3.63) is 59.2 Å². The van der Waals surface area contributed by atoms with Crippen molar-refractivity contribution in [2.75, 3.05) is 21.3 Å². The first-order valence-electron chi connectivity index (χ1n) is 8.53. The lowest BCUT2D eigenvalue weighted by molar-refractivity contribution is 0.324. The van der Waals surface area contributed by atoms with Crippen molar-refractivity contribution in [2.45, 2.75) is 5.03 Å². The topological polar surface area (TPSA) is 55.8 Å². The highest BCUT2D eigenvalue weighted by atomic mass is 32.1. The van der Waals surface area contributed by atoms with Crippen LogP contribution in [0.25, 0.3) is 11.3 Å². The highest BCUT2D eigenvalue weighted by molar-refractivity contribution is 7.81. The molecule has 0 saturated heterocycles. The Bertz CT molecular complexity index is 1080.